The van der Waals surface area contributed by atoms with Crippen LogP contribution in [0.25, 0.3) is 0 Å². The number of nitrogen functional groups attached to an aromatic ring is 1. The van der Waals surface area contributed by atoms with Gasteiger partial charge in [0.2, 0.25) is 0 Å². The summed E-state index contributed by atoms with van der Waals surface area (Å²) >= 11 is 0. The molecule has 3 rings (SSSR count). The Hall–Kier alpha value is -1.75. The topological polar surface area (TPSA) is 67.6 Å². The maximum absolute atomic E-state index is 12.5. The number of hydrogen-bond acceptors (Lipinski definition) is 4. The van der Waals surface area contributed by atoms with Crippen molar-refractivity contribution in [3.05, 3.63) is 23.8 Å². The van der Waals surface area contributed by atoms with Crippen LogP contribution in [0.15, 0.2) is 18.2 Å². The van der Waals surface area contributed by atoms with E-state index >= 15 is 0 Å². The number of carbonyl (C=O) groups is 1. The molecule has 2 heterocycles. The van der Waals surface area contributed by atoms with Gasteiger partial charge in [-0.25, -0.2) is 0 Å². The minimum Gasteiger partial charge on any atom is -0.496 e. The van der Waals surface area contributed by atoms with Gasteiger partial charge in [0, 0.05) is 24.3 Å². The van der Waals surface area contributed by atoms with Crippen LogP contribution in [0.3, 0.4) is 0 Å². The third-order valence-electron chi connectivity index (χ3n) is 4.64. The Morgan fingerprint density at radius 3 is 3.00 bits per heavy atom. The molecule has 1 aromatic rings. The van der Waals surface area contributed by atoms with E-state index < -0.39 is 0 Å². The van der Waals surface area contributed by atoms with E-state index in [1.165, 1.54) is 25.8 Å². The number of piperidine rings is 1. The van der Waals surface area contributed by atoms with Crippen molar-refractivity contribution in [1.82, 2.24) is 10.2 Å². The summed E-state index contributed by atoms with van der Waals surface area (Å²) in [5.41, 5.74) is 6.89. The first-order valence-corrected chi connectivity index (χ1v) is 7.67. The third kappa shape index (κ3) is 2.83. The monoisotopic (exact) mass is 289 g/mol. The molecular weight excluding hydrogens is 266 g/mol. The standard InChI is InChI=1S/C16H23N3O2/c1-21-15-6-5-11(17)10-12(15)16(20)18-13-7-9-19-8-3-2-4-14(13)19/h5-6,10,13-14H,2-4,7-9,17H2,1H3,(H,18,20). The molecule has 5 heteroatoms. The molecule has 1 amide bonds. The minimum atomic E-state index is -0.0865. The Labute approximate surface area is 125 Å². The van der Waals surface area contributed by atoms with Crippen LogP contribution in [0.1, 0.15) is 36.0 Å². The molecule has 0 bridgehead atoms. The van der Waals surface area contributed by atoms with Crippen molar-refractivity contribution in [2.24, 2.45) is 0 Å². The number of amides is 1. The smallest absolute Gasteiger partial charge is 0.255 e. The van der Waals surface area contributed by atoms with E-state index in [4.69, 9.17) is 10.5 Å². The summed E-state index contributed by atoms with van der Waals surface area (Å²) in [5.74, 6) is 0.483. The summed E-state index contributed by atoms with van der Waals surface area (Å²) < 4.78 is 5.27. The highest BCUT2D eigenvalue weighted by Gasteiger charge is 2.36. The average molecular weight is 289 g/mol. The number of fused-ring (bicyclic) bond motifs is 1. The number of nitrogens with zero attached hydrogens (tertiary/aromatic N) is 1. The lowest BCUT2D eigenvalue weighted by atomic mass is 9.98. The average Bonchev–Trinajstić information content (AvgIpc) is 2.90. The van der Waals surface area contributed by atoms with Crippen LogP contribution in [-0.2, 0) is 0 Å². The zero-order valence-corrected chi connectivity index (χ0v) is 12.5. The van der Waals surface area contributed by atoms with Crippen molar-refractivity contribution >= 4 is 11.6 Å². The van der Waals surface area contributed by atoms with Gasteiger partial charge >= 0.3 is 0 Å². The van der Waals surface area contributed by atoms with Crippen LogP contribution >= 0.6 is 0 Å². The molecule has 0 aliphatic carbocycles. The molecule has 2 atom stereocenters. The van der Waals surface area contributed by atoms with Gasteiger partial charge in [-0.05, 0) is 44.0 Å². The number of nitrogens with two attached hydrogens (primary N) is 1. The summed E-state index contributed by atoms with van der Waals surface area (Å²) in [4.78, 5) is 15.0. The van der Waals surface area contributed by atoms with Gasteiger partial charge in [0.1, 0.15) is 5.75 Å². The van der Waals surface area contributed by atoms with Gasteiger partial charge in [-0.2, -0.15) is 0 Å². The molecule has 0 saturated carbocycles. The number of rotatable bonds is 3. The normalized spacial score (nSPS) is 25.4. The van der Waals surface area contributed by atoms with E-state index in [0.717, 1.165) is 13.0 Å². The van der Waals surface area contributed by atoms with Crippen molar-refractivity contribution in [3.63, 3.8) is 0 Å². The quantitative estimate of drug-likeness (QED) is 0.830. The van der Waals surface area contributed by atoms with Crippen molar-refractivity contribution in [1.29, 1.82) is 0 Å². The number of nitrogens with one attached hydrogen (secondary N) is 1. The summed E-state index contributed by atoms with van der Waals surface area (Å²) in [5, 5.41) is 3.18. The van der Waals surface area contributed by atoms with E-state index in [9.17, 15) is 4.79 Å². The van der Waals surface area contributed by atoms with Crippen LogP contribution in [0.2, 0.25) is 0 Å². The van der Waals surface area contributed by atoms with Gasteiger partial charge in [0.05, 0.1) is 12.7 Å². The van der Waals surface area contributed by atoms with E-state index in [1.54, 1.807) is 25.3 Å². The molecule has 3 N–H and O–H groups in total. The van der Waals surface area contributed by atoms with Crippen LogP contribution in [0.5, 0.6) is 5.75 Å². The van der Waals surface area contributed by atoms with Gasteiger partial charge < -0.3 is 15.8 Å². The number of hydrogen-bond donors (Lipinski definition) is 2. The molecule has 21 heavy (non-hydrogen) atoms. The van der Waals surface area contributed by atoms with Gasteiger partial charge in [0.15, 0.2) is 0 Å². The van der Waals surface area contributed by atoms with Crippen LogP contribution < -0.4 is 15.8 Å². The minimum absolute atomic E-state index is 0.0865. The second-order valence-corrected chi connectivity index (χ2v) is 5.93. The Morgan fingerprint density at radius 1 is 1.33 bits per heavy atom. The molecule has 1 aromatic carbocycles. The molecule has 2 aliphatic heterocycles. The predicted octanol–water partition coefficient (Wildman–Crippen LogP) is 1.63. The lowest BCUT2D eigenvalue weighted by Crippen LogP contribution is -2.46. The van der Waals surface area contributed by atoms with Crippen LogP contribution in [0, 0.1) is 0 Å². The molecule has 0 aromatic heterocycles. The molecule has 2 aliphatic rings. The first-order chi connectivity index (χ1) is 10.2. The van der Waals surface area contributed by atoms with E-state index in [-0.39, 0.29) is 11.9 Å². The van der Waals surface area contributed by atoms with Crippen molar-refractivity contribution in [2.45, 2.75) is 37.8 Å². The molecule has 2 fully saturated rings. The fourth-order valence-electron chi connectivity index (χ4n) is 3.56. The summed E-state index contributed by atoms with van der Waals surface area (Å²) in [6, 6.07) is 5.90. The van der Waals surface area contributed by atoms with E-state index in [2.05, 4.69) is 10.2 Å². The number of benzene rings is 1. The first-order valence-electron chi connectivity index (χ1n) is 7.67. The number of methoxy groups -OCH3 is 1. The zero-order chi connectivity index (χ0) is 14.8. The van der Waals surface area contributed by atoms with Crippen molar-refractivity contribution in [3.8, 4) is 5.75 Å². The van der Waals surface area contributed by atoms with Crippen LogP contribution in [-0.4, -0.2) is 43.1 Å². The van der Waals surface area contributed by atoms with E-state index in [0.29, 0.717) is 23.0 Å². The lowest BCUT2D eigenvalue weighted by molar-refractivity contribution is 0.0912. The highest BCUT2D eigenvalue weighted by molar-refractivity contribution is 5.98. The maximum Gasteiger partial charge on any atom is 0.255 e. The summed E-state index contributed by atoms with van der Waals surface area (Å²) in [7, 11) is 1.57. The van der Waals surface area contributed by atoms with E-state index in [1.807, 2.05) is 0 Å². The molecule has 0 radical (unpaired) electrons. The van der Waals surface area contributed by atoms with Crippen LogP contribution in [0.4, 0.5) is 5.69 Å². The Bertz CT molecular complexity index is 532. The molecule has 5 nitrogen and oxygen atoms in total. The second-order valence-electron chi connectivity index (χ2n) is 5.93. The maximum atomic E-state index is 12.5. The number of anilines is 1. The van der Waals surface area contributed by atoms with Crippen molar-refractivity contribution in [2.75, 3.05) is 25.9 Å². The van der Waals surface area contributed by atoms with Gasteiger partial charge in [-0.15, -0.1) is 0 Å². The molecular formula is C16H23N3O2. The third-order valence-corrected chi connectivity index (χ3v) is 4.64. The molecule has 0 spiro atoms. The Balaban J connectivity index is 1.73. The highest BCUT2D eigenvalue weighted by Crippen LogP contribution is 2.28. The Kier molecular flexibility index (Phi) is 4.01. The molecule has 114 valence electrons. The first kappa shape index (κ1) is 14.2. The van der Waals surface area contributed by atoms with Gasteiger partial charge in [-0.1, -0.05) is 6.42 Å². The predicted molar refractivity (Wildman–Crippen MR) is 82.5 cm³/mol. The highest BCUT2D eigenvalue weighted by atomic mass is 16.5. The number of ether oxygens (including phenoxy) is 1. The van der Waals surface area contributed by atoms with Gasteiger partial charge in [0.25, 0.3) is 5.91 Å². The Morgan fingerprint density at radius 2 is 2.19 bits per heavy atom. The largest absolute Gasteiger partial charge is 0.496 e. The molecule has 2 saturated heterocycles. The SMILES string of the molecule is COc1ccc(N)cc1C(=O)NC1CCN2CCCCC12. The number of carbonyl (C=O) groups excluding carboxylic acids is 1. The fourth-order valence-corrected chi connectivity index (χ4v) is 3.56. The lowest BCUT2D eigenvalue weighted by Gasteiger charge is -2.32. The van der Waals surface area contributed by atoms with Gasteiger partial charge in [-0.3, -0.25) is 9.69 Å². The zero-order valence-electron chi connectivity index (χ0n) is 12.5. The summed E-state index contributed by atoms with van der Waals surface area (Å²) in [6.07, 6.45) is 4.75. The summed E-state index contributed by atoms with van der Waals surface area (Å²) in [6.45, 7) is 2.25. The van der Waals surface area contributed by atoms with Crippen molar-refractivity contribution < 1.29 is 9.53 Å². The second kappa shape index (κ2) is 5.93. The molecule has 2 unspecified atom stereocenters. The fraction of sp³-hybridized carbons (Fsp3) is 0.562.